The fraction of sp³-hybridized carbons (Fsp3) is 0.357. The maximum absolute atomic E-state index is 11.9. The van der Waals surface area contributed by atoms with Gasteiger partial charge >= 0.3 is 6.03 Å². The Hall–Kier alpha value is -1.82. The van der Waals surface area contributed by atoms with Crippen molar-refractivity contribution in [3.63, 3.8) is 0 Å². The van der Waals surface area contributed by atoms with Gasteiger partial charge in [0.15, 0.2) is 9.84 Å². The summed E-state index contributed by atoms with van der Waals surface area (Å²) in [6.45, 7) is 0. The zero-order chi connectivity index (χ0) is 14.6. The number of hydrogen-bond acceptors (Lipinski definition) is 3. The number of hydrogen-bond donors (Lipinski definition) is 1. The Labute approximate surface area is 119 Å². The highest BCUT2D eigenvalue weighted by Crippen LogP contribution is 2.16. The molecule has 2 rings (SSSR count). The second-order valence-corrected chi connectivity index (χ2v) is 7.09. The van der Waals surface area contributed by atoms with Crippen LogP contribution in [0.4, 0.5) is 4.79 Å². The Morgan fingerprint density at radius 2 is 2.05 bits per heavy atom. The molecule has 1 unspecified atom stereocenters. The number of rotatable bonds is 3. The summed E-state index contributed by atoms with van der Waals surface area (Å²) in [5, 5.41) is 2.65. The highest BCUT2D eigenvalue weighted by atomic mass is 32.2. The van der Waals surface area contributed by atoms with E-state index in [1.807, 2.05) is 30.3 Å². The molecule has 0 aromatic heterocycles. The van der Waals surface area contributed by atoms with E-state index in [0.717, 1.165) is 5.56 Å². The van der Waals surface area contributed by atoms with E-state index in [-0.39, 0.29) is 23.6 Å². The molecule has 2 amide bonds. The normalized spacial score (nSPS) is 20.9. The SMILES string of the molecule is CN(C(=O)N/C=C/c1ccccc1)C1CCS(=O)(=O)C1. The summed E-state index contributed by atoms with van der Waals surface area (Å²) in [5.41, 5.74) is 0.985. The van der Waals surface area contributed by atoms with Crippen LogP contribution in [-0.4, -0.2) is 43.9 Å². The topological polar surface area (TPSA) is 66.5 Å². The molecule has 0 aliphatic carbocycles. The van der Waals surface area contributed by atoms with E-state index in [9.17, 15) is 13.2 Å². The average Bonchev–Trinajstić information content (AvgIpc) is 2.79. The van der Waals surface area contributed by atoms with Gasteiger partial charge in [-0.15, -0.1) is 0 Å². The van der Waals surface area contributed by atoms with Gasteiger partial charge in [-0.3, -0.25) is 0 Å². The van der Waals surface area contributed by atoms with Crippen molar-refractivity contribution >= 4 is 21.9 Å². The standard InChI is InChI=1S/C14H18N2O3S/c1-16(13-8-10-20(18,19)11-13)14(17)15-9-7-12-5-3-2-4-6-12/h2-7,9,13H,8,10-11H2,1H3,(H,15,17)/b9-7+. The molecule has 1 fully saturated rings. The maximum Gasteiger partial charge on any atom is 0.321 e. The van der Waals surface area contributed by atoms with Crippen molar-refractivity contribution in [1.82, 2.24) is 10.2 Å². The van der Waals surface area contributed by atoms with Crippen LogP contribution in [0.2, 0.25) is 0 Å². The van der Waals surface area contributed by atoms with Crippen LogP contribution in [0.3, 0.4) is 0 Å². The monoisotopic (exact) mass is 294 g/mol. The lowest BCUT2D eigenvalue weighted by molar-refractivity contribution is 0.199. The number of sulfone groups is 1. The van der Waals surface area contributed by atoms with E-state index in [1.165, 1.54) is 4.90 Å². The van der Waals surface area contributed by atoms with Gasteiger partial charge in [0.1, 0.15) is 0 Å². The lowest BCUT2D eigenvalue weighted by Gasteiger charge is -2.22. The first-order chi connectivity index (χ1) is 9.48. The molecule has 1 heterocycles. The molecule has 0 saturated carbocycles. The van der Waals surface area contributed by atoms with Gasteiger partial charge < -0.3 is 10.2 Å². The zero-order valence-corrected chi connectivity index (χ0v) is 12.1. The van der Waals surface area contributed by atoms with E-state index in [0.29, 0.717) is 6.42 Å². The zero-order valence-electron chi connectivity index (χ0n) is 11.3. The Balaban J connectivity index is 1.87. The second-order valence-electron chi connectivity index (χ2n) is 4.86. The summed E-state index contributed by atoms with van der Waals surface area (Å²) in [6.07, 6.45) is 3.86. The van der Waals surface area contributed by atoms with Crippen LogP contribution in [0.25, 0.3) is 6.08 Å². The molecular weight excluding hydrogens is 276 g/mol. The predicted octanol–water partition coefficient (Wildman–Crippen LogP) is 1.49. The van der Waals surface area contributed by atoms with Crippen molar-refractivity contribution in [3.8, 4) is 0 Å². The Morgan fingerprint density at radius 3 is 2.65 bits per heavy atom. The van der Waals surface area contributed by atoms with Gasteiger partial charge in [-0.2, -0.15) is 0 Å². The lowest BCUT2D eigenvalue weighted by Crippen LogP contribution is -2.42. The highest BCUT2D eigenvalue weighted by molar-refractivity contribution is 7.91. The van der Waals surface area contributed by atoms with E-state index >= 15 is 0 Å². The minimum absolute atomic E-state index is 0.0549. The predicted molar refractivity (Wildman–Crippen MR) is 78.8 cm³/mol. The first-order valence-corrected chi connectivity index (χ1v) is 8.25. The molecule has 1 saturated heterocycles. The molecule has 1 atom stereocenters. The third kappa shape index (κ3) is 3.84. The fourth-order valence-electron chi connectivity index (χ4n) is 2.12. The van der Waals surface area contributed by atoms with Gasteiger partial charge in [0.2, 0.25) is 0 Å². The minimum atomic E-state index is -2.98. The molecule has 20 heavy (non-hydrogen) atoms. The van der Waals surface area contributed by atoms with Crippen LogP contribution in [-0.2, 0) is 9.84 Å². The highest BCUT2D eigenvalue weighted by Gasteiger charge is 2.32. The van der Waals surface area contributed by atoms with Gasteiger partial charge in [0.05, 0.1) is 11.5 Å². The van der Waals surface area contributed by atoms with Gasteiger partial charge in [-0.05, 0) is 18.1 Å². The number of amides is 2. The summed E-state index contributed by atoms with van der Waals surface area (Å²) in [4.78, 5) is 13.4. The Bertz CT molecular complexity index is 596. The number of nitrogens with one attached hydrogen (secondary N) is 1. The molecule has 6 heteroatoms. The van der Waals surface area contributed by atoms with Crippen molar-refractivity contribution in [3.05, 3.63) is 42.1 Å². The van der Waals surface area contributed by atoms with Crippen LogP contribution >= 0.6 is 0 Å². The first-order valence-electron chi connectivity index (χ1n) is 6.43. The largest absolute Gasteiger partial charge is 0.324 e. The van der Waals surface area contributed by atoms with Gasteiger partial charge in [0, 0.05) is 19.3 Å². The van der Waals surface area contributed by atoms with E-state index < -0.39 is 9.84 Å². The molecular formula is C14H18N2O3S. The second kappa shape index (κ2) is 6.09. The number of urea groups is 1. The van der Waals surface area contributed by atoms with Crippen molar-refractivity contribution in [1.29, 1.82) is 0 Å². The van der Waals surface area contributed by atoms with Crippen LogP contribution in [0.1, 0.15) is 12.0 Å². The molecule has 1 N–H and O–H groups in total. The molecule has 0 spiro atoms. The first kappa shape index (κ1) is 14.6. The van der Waals surface area contributed by atoms with Gasteiger partial charge in [-0.25, -0.2) is 13.2 Å². The number of benzene rings is 1. The number of carbonyl (C=O) groups excluding carboxylic acids is 1. The van der Waals surface area contributed by atoms with Crippen molar-refractivity contribution in [2.24, 2.45) is 0 Å². The molecule has 0 radical (unpaired) electrons. The lowest BCUT2D eigenvalue weighted by atomic mass is 10.2. The molecule has 0 bridgehead atoms. The van der Waals surface area contributed by atoms with E-state index in [2.05, 4.69) is 5.32 Å². The minimum Gasteiger partial charge on any atom is -0.324 e. The van der Waals surface area contributed by atoms with Crippen molar-refractivity contribution < 1.29 is 13.2 Å². The van der Waals surface area contributed by atoms with Gasteiger partial charge in [-0.1, -0.05) is 30.3 Å². The number of nitrogens with zero attached hydrogens (tertiary/aromatic N) is 1. The van der Waals surface area contributed by atoms with E-state index in [4.69, 9.17) is 0 Å². The van der Waals surface area contributed by atoms with E-state index in [1.54, 1.807) is 19.3 Å². The number of carbonyl (C=O) groups is 1. The molecule has 1 aliphatic heterocycles. The third-order valence-corrected chi connectivity index (χ3v) is 5.11. The summed E-state index contributed by atoms with van der Waals surface area (Å²) < 4.78 is 22.8. The summed E-state index contributed by atoms with van der Waals surface area (Å²) >= 11 is 0. The maximum atomic E-state index is 11.9. The smallest absolute Gasteiger partial charge is 0.321 e. The molecule has 5 nitrogen and oxygen atoms in total. The Morgan fingerprint density at radius 1 is 1.35 bits per heavy atom. The summed E-state index contributed by atoms with van der Waals surface area (Å²) in [5.74, 6) is 0.217. The van der Waals surface area contributed by atoms with Crippen molar-refractivity contribution in [2.45, 2.75) is 12.5 Å². The van der Waals surface area contributed by atoms with Crippen LogP contribution < -0.4 is 5.32 Å². The molecule has 1 aromatic carbocycles. The van der Waals surface area contributed by atoms with Crippen LogP contribution in [0.5, 0.6) is 0 Å². The van der Waals surface area contributed by atoms with Crippen LogP contribution in [0.15, 0.2) is 36.5 Å². The molecule has 108 valence electrons. The third-order valence-electron chi connectivity index (χ3n) is 3.36. The molecule has 1 aliphatic rings. The van der Waals surface area contributed by atoms with Gasteiger partial charge in [0.25, 0.3) is 0 Å². The summed E-state index contributed by atoms with van der Waals surface area (Å²) in [6, 6.07) is 9.08. The molecule has 1 aromatic rings. The summed E-state index contributed by atoms with van der Waals surface area (Å²) in [7, 11) is -1.35. The Kier molecular flexibility index (Phi) is 4.44. The van der Waals surface area contributed by atoms with Crippen molar-refractivity contribution in [2.75, 3.05) is 18.6 Å². The average molecular weight is 294 g/mol. The quantitative estimate of drug-likeness (QED) is 0.918. The fourth-order valence-corrected chi connectivity index (χ4v) is 3.90. The van der Waals surface area contributed by atoms with Crippen LogP contribution in [0, 0.1) is 0 Å².